The molecule has 2 aliphatic rings. The first-order valence-corrected chi connectivity index (χ1v) is 5.29. The molecule has 2 saturated heterocycles. The van der Waals surface area contributed by atoms with Gasteiger partial charge in [0.1, 0.15) is 0 Å². The smallest absolute Gasteiger partial charge is 0.303 e. The molecule has 0 spiro atoms. The fraction of sp³-hybridized carbons (Fsp3) is 0.900. The fourth-order valence-corrected chi connectivity index (χ4v) is 2.48. The third-order valence-electron chi connectivity index (χ3n) is 3.24. The maximum Gasteiger partial charge on any atom is 0.303 e. The van der Waals surface area contributed by atoms with Crippen molar-refractivity contribution in [2.45, 2.75) is 25.3 Å². The van der Waals surface area contributed by atoms with Crippen LogP contribution in [0.1, 0.15) is 19.3 Å². The lowest BCUT2D eigenvalue weighted by Crippen LogP contribution is -2.50. The molecule has 2 atom stereocenters. The SMILES string of the molecule is O=C(O)CC1CCN2CCOCC2C1. The standard InChI is InChI=1S/C10H17NO3/c12-10(13)6-8-1-2-11-3-4-14-7-9(11)5-8/h8-9H,1-7H2,(H,12,13). The lowest BCUT2D eigenvalue weighted by Gasteiger charge is -2.41. The Bertz CT molecular complexity index is 219. The zero-order valence-electron chi connectivity index (χ0n) is 8.32. The Hall–Kier alpha value is -0.610. The van der Waals surface area contributed by atoms with E-state index >= 15 is 0 Å². The molecule has 0 amide bonds. The molecule has 0 aromatic rings. The summed E-state index contributed by atoms with van der Waals surface area (Å²) in [7, 11) is 0. The zero-order chi connectivity index (χ0) is 9.97. The van der Waals surface area contributed by atoms with Crippen LogP contribution in [0.3, 0.4) is 0 Å². The van der Waals surface area contributed by atoms with E-state index in [1.807, 2.05) is 0 Å². The maximum atomic E-state index is 10.6. The number of rotatable bonds is 2. The van der Waals surface area contributed by atoms with E-state index in [4.69, 9.17) is 9.84 Å². The minimum Gasteiger partial charge on any atom is -0.481 e. The van der Waals surface area contributed by atoms with E-state index < -0.39 is 5.97 Å². The molecule has 2 unspecified atom stereocenters. The van der Waals surface area contributed by atoms with Gasteiger partial charge in [0, 0.05) is 19.0 Å². The molecule has 2 fully saturated rings. The number of fused-ring (bicyclic) bond motifs is 1. The van der Waals surface area contributed by atoms with Crippen LogP contribution in [-0.2, 0) is 9.53 Å². The summed E-state index contributed by atoms with van der Waals surface area (Å²) >= 11 is 0. The van der Waals surface area contributed by atoms with Crippen LogP contribution in [-0.4, -0.2) is 48.3 Å². The van der Waals surface area contributed by atoms with Gasteiger partial charge in [-0.1, -0.05) is 0 Å². The minimum atomic E-state index is -0.667. The second-order valence-electron chi connectivity index (χ2n) is 4.25. The number of piperidine rings is 1. The topological polar surface area (TPSA) is 49.8 Å². The Kier molecular flexibility index (Phi) is 3.03. The van der Waals surface area contributed by atoms with Gasteiger partial charge in [0.2, 0.25) is 0 Å². The first-order valence-electron chi connectivity index (χ1n) is 5.29. The largest absolute Gasteiger partial charge is 0.481 e. The van der Waals surface area contributed by atoms with Crippen molar-refractivity contribution < 1.29 is 14.6 Å². The highest BCUT2D eigenvalue weighted by atomic mass is 16.5. The van der Waals surface area contributed by atoms with Crippen molar-refractivity contribution in [3.63, 3.8) is 0 Å². The highest BCUT2D eigenvalue weighted by Gasteiger charge is 2.31. The number of nitrogens with zero attached hydrogens (tertiary/aromatic N) is 1. The van der Waals surface area contributed by atoms with Gasteiger partial charge in [-0.15, -0.1) is 0 Å². The van der Waals surface area contributed by atoms with E-state index in [1.54, 1.807) is 0 Å². The van der Waals surface area contributed by atoms with E-state index in [0.717, 1.165) is 39.1 Å². The number of carboxylic acid groups (broad SMARTS) is 1. The molecule has 0 bridgehead atoms. The number of carbonyl (C=O) groups is 1. The Morgan fingerprint density at radius 1 is 1.50 bits per heavy atom. The second kappa shape index (κ2) is 4.28. The molecule has 2 aliphatic heterocycles. The summed E-state index contributed by atoms with van der Waals surface area (Å²) < 4.78 is 5.40. The molecule has 80 valence electrons. The summed E-state index contributed by atoms with van der Waals surface area (Å²) in [5, 5.41) is 8.72. The van der Waals surface area contributed by atoms with Crippen LogP contribution in [0.25, 0.3) is 0 Å². The van der Waals surface area contributed by atoms with Crippen molar-refractivity contribution in [1.82, 2.24) is 4.90 Å². The normalized spacial score (nSPS) is 33.7. The zero-order valence-corrected chi connectivity index (χ0v) is 8.32. The predicted octanol–water partition coefficient (Wildman–Crippen LogP) is 0.572. The number of carboxylic acids is 1. The van der Waals surface area contributed by atoms with Crippen LogP contribution in [0.5, 0.6) is 0 Å². The van der Waals surface area contributed by atoms with Crippen molar-refractivity contribution in [3.8, 4) is 0 Å². The quantitative estimate of drug-likeness (QED) is 0.706. The average Bonchev–Trinajstić information content (AvgIpc) is 2.17. The molecule has 14 heavy (non-hydrogen) atoms. The predicted molar refractivity (Wildman–Crippen MR) is 51.2 cm³/mol. The van der Waals surface area contributed by atoms with Crippen LogP contribution in [0.4, 0.5) is 0 Å². The molecule has 0 aromatic heterocycles. The van der Waals surface area contributed by atoms with E-state index in [9.17, 15) is 4.79 Å². The van der Waals surface area contributed by atoms with Gasteiger partial charge in [-0.05, 0) is 25.3 Å². The van der Waals surface area contributed by atoms with E-state index in [0.29, 0.717) is 18.4 Å². The molecule has 0 radical (unpaired) electrons. The molecule has 2 heterocycles. The third-order valence-corrected chi connectivity index (χ3v) is 3.24. The molecule has 0 aliphatic carbocycles. The molecule has 0 saturated carbocycles. The summed E-state index contributed by atoms with van der Waals surface area (Å²) in [6.45, 7) is 3.69. The lowest BCUT2D eigenvalue weighted by atomic mass is 9.88. The van der Waals surface area contributed by atoms with Crippen LogP contribution in [0, 0.1) is 5.92 Å². The number of hydrogen-bond acceptors (Lipinski definition) is 3. The molecular weight excluding hydrogens is 182 g/mol. The van der Waals surface area contributed by atoms with Gasteiger partial charge in [0.25, 0.3) is 0 Å². The van der Waals surface area contributed by atoms with Gasteiger partial charge < -0.3 is 9.84 Å². The first kappa shape index (κ1) is 9.93. The van der Waals surface area contributed by atoms with E-state index in [-0.39, 0.29) is 0 Å². The number of hydrogen-bond donors (Lipinski definition) is 1. The van der Waals surface area contributed by atoms with E-state index in [1.165, 1.54) is 0 Å². The van der Waals surface area contributed by atoms with Gasteiger partial charge in [-0.25, -0.2) is 0 Å². The van der Waals surface area contributed by atoms with Crippen molar-refractivity contribution in [3.05, 3.63) is 0 Å². The van der Waals surface area contributed by atoms with Crippen molar-refractivity contribution in [2.75, 3.05) is 26.3 Å². The van der Waals surface area contributed by atoms with Gasteiger partial charge in [0.05, 0.1) is 13.2 Å². The Morgan fingerprint density at radius 2 is 2.36 bits per heavy atom. The number of morpholine rings is 1. The maximum absolute atomic E-state index is 10.6. The van der Waals surface area contributed by atoms with Crippen molar-refractivity contribution in [1.29, 1.82) is 0 Å². The summed E-state index contributed by atoms with van der Waals surface area (Å²) in [4.78, 5) is 13.0. The summed E-state index contributed by atoms with van der Waals surface area (Å²) in [6.07, 6.45) is 2.35. The monoisotopic (exact) mass is 199 g/mol. The van der Waals surface area contributed by atoms with Crippen LogP contribution in [0.2, 0.25) is 0 Å². The van der Waals surface area contributed by atoms with Crippen molar-refractivity contribution >= 4 is 5.97 Å². The average molecular weight is 199 g/mol. The molecule has 2 rings (SSSR count). The molecule has 1 N–H and O–H groups in total. The highest BCUT2D eigenvalue weighted by Crippen LogP contribution is 2.27. The van der Waals surface area contributed by atoms with E-state index in [2.05, 4.69) is 4.90 Å². The van der Waals surface area contributed by atoms with Crippen LogP contribution in [0.15, 0.2) is 0 Å². The van der Waals surface area contributed by atoms with Gasteiger partial charge in [-0.2, -0.15) is 0 Å². The number of ether oxygens (including phenoxy) is 1. The Balaban J connectivity index is 1.86. The summed E-state index contributed by atoms with van der Waals surface area (Å²) in [5.41, 5.74) is 0. The fourth-order valence-electron chi connectivity index (χ4n) is 2.48. The third kappa shape index (κ3) is 2.25. The first-order chi connectivity index (χ1) is 6.75. The Labute approximate surface area is 83.8 Å². The summed E-state index contributed by atoms with van der Waals surface area (Å²) in [5.74, 6) is -0.310. The molecule has 0 aromatic carbocycles. The highest BCUT2D eigenvalue weighted by molar-refractivity contribution is 5.67. The molecular formula is C10H17NO3. The van der Waals surface area contributed by atoms with Gasteiger partial charge >= 0.3 is 5.97 Å². The number of aliphatic carboxylic acids is 1. The lowest BCUT2D eigenvalue weighted by molar-refractivity contribution is -0.139. The summed E-state index contributed by atoms with van der Waals surface area (Å²) in [6, 6.07) is 0.474. The molecule has 4 heteroatoms. The molecule has 4 nitrogen and oxygen atoms in total. The van der Waals surface area contributed by atoms with Crippen LogP contribution >= 0.6 is 0 Å². The van der Waals surface area contributed by atoms with Gasteiger partial charge in [0.15, 0.2) is 0 Å². The minimum absolute atomic E-state index is 0.324. The van der Waals surface area contributed by atoms with Crippen LogP contribution < -0.4 is 0 Å². The van der Waals surface area contributed by atoms with Gasteiger partial charge in [-0.3, -0.25) is 9.69 Å². The van der Waals surface area contributed by atoms with Crippen molar-refractivity contribution in [2.24, 2.45) is 5.92 Å². The Morgan fingerprint density at radius 3 is 3.14 bits per heavy atom. The second-order valence-corrected chi connectivity index (χ2v) is 4.25.